The molecule has 0 saturated heterocycles. The Balaban J connectivity index is 1.12. The van der Waals surface area contributed by atoms with Crippen molar-refractivity contribution in [1.82, 2.24) is 14.5 Å². The predicted molar refractivity (Wildman–Crippen MR) is 142 cm³/mol. The van der Waals surface area contributed by atoms with Crippen molar-refractivity contribution in [2.45, 2.75) is 71.5 Å². The monoisotopic (exact) mass is 485 g/mol. The molecule has 2 aromatic heterocycles. The van der Waals surface area contributed by atoms with E-state index in [4.69, 9.17) is 9.72 Å². The Morgan fingerprint density at radius 2 is 1.91 bits per heavy atom. The summed E-state index contributed by atoms with van der Waals surface area (Å²) >= 11 is 1.65. The van der Waals surface area contributed by atoms with E-state index >= 15 is 0 Å². The molecule has 0 aliphatic heterocycles. The summed E-state index contributed by atoms with van der Waals surface area (Å²) in [6.45, 7) is 5.79. The van der Waals surface area contributed by atoms with Crippen molar-refractivity contribution in [3.8, 4) is 0 Å². The highest BCUT2D eigenvalue weighted by Gasteiger charge is 2.57. The van der Waals surface area contributed by atoms with Gasteiger partial charge < -0.3 is 9.30 Å². The van der Waals surface area contributed by atoms with Crippen LogP contribution in [0.1, 0.15) is 64.5 Å². The highest BCUT2D eigenvalue weighted by atomic mass is 32.1. The van der Waals surface area contributed by atoms with Crippen LogP contribution in [0, 0.1) is 28.6 Å². The van der Waals surface area contributed by atoms with Gasteiger partial charge in [-0.25, -0.2) is 9.97 Å². The van der Waals surface area contributed by atoms with Gasteiger partial charge in [0.2, 0.25) is 0 Å². The highest BCUT2D eigenvalue weighted by Crippen LogP contribution is 2.65. The number of aromatic nitrogens is 3. The Morgan fingerprint density at radius 1 is 1.03 bits per heavy atom. The molecule has 4 nitrogen and oxygen atoms in total. The fourth-order valence-corrected chi connectivity index (χ4v) is 8.89. The molecule has 0 radical (unpaired) electrons. The van der Waals surface area contributed by atoms with Crippen LogP contribution in [-0.4, -0.2) is 20.6 Å². The maximum Gasteiger partial charge on any atom is 0.100 e. The molecular formula is C30H35N3OS. The van der Waals surface area contributed by atoms with E-state index in [1.807, 2.05) is 5.51 Å². The van der Waals surface area contributed by atoms with Crippen molar-refractivity contribution in [2.24, 2.45) is 28.6 Å². The van der Waals surface area contributed by atoms with Crippen molar-refractivity contribution >= 4 is 28.1 Å². The maximum atomic E-state index is 6.32. The number of hydrogen-bond acceptors (Lipinski definition) is 4. The van der Waals surface area contributed by atoms with Crippen LogP contribution < -0.4 is 0 Å². The van der Waals surface area contributed by atoms with E-state index in [1.54, 1.807) is 16.9 Å². The summed E-state index contributed by atoms with van der Waals surface area (Å²) in [6.07, 6.45) is 16.2. The molecule has 0 spiro atoms. The lowest BCUT2D eigenvalue weighted by atomic mass is 9.47. The number of allylic oxidation sites excluding steroid dienone is 3. The molecular weight excluding hydrogens is 450 g/mol. The zero-order valence-corrected chi connectivity index (χ0v) is 21.6. The molecule has 2 heterocycles. The number of imidazole rings is 1. The molecule has 2 fully saturated rings. The van der Waals surface area contributed by atoms with Gasteiger partial charge in [-0.2, -0.15) is 0 Å². The van der Waals surface area contributed by atoms with Crippen molar-refractivity contribution in [2.75, 3.05) is 0 Å². The smallest absolute Gasteiger partial charge is 0.100 e. The van der Waals surface area contributed by atoms with Crippen LogP contribution in [0.2, 0.25) is 0 Å². The number of thiazole rings is 1. The van der Waals surface area contributed by atoms with Crippen LogP contribution in [0.5, 0.6) is 0 Å². The Bertz CT molecular complexity index is 1310. The summed E-state index contributed by atoms with van der Waals surface area (Å²) < 4.78 is 8.71. The standard InChI is InChI=1S/C30H35N3OS/c1-29-13-11-22(34-16-21-17-35-19-32-21)15-20(29)7-8-23-24-9-10-28(30(24,2)14-12-25(23)29)33-18-31-26-5-3-4-6-27(26)33/h3-7,10,17-19,22-25H,8-9,11-16H2,1-2H3/t22-,23-,24-,25-,29-,30-/m0/s1. The van der Waals surface area contributed by atoms with Gasteiger partial charge >= 0.3 is 0 Å². The molecule has 0 amide bonds. The first-order valence-corrected chi connectivity index (χ1v) is 14.3. The lowest BCUT2D eigenvalue weighted by Gasteiger charge is -2.57. The third-order valence-corrected chi connectivity index (χ3v) is 10.9. The van der Waals surface area contributed by atoms with E-state index in [-0.39, 0.29) is 5.41 Å². The molecule has 0 N–H and O–H groups in total. The van der Waals surface area contributed by atoms with Gasteiger partial charge in [0.15, 0.2) is 0 Å². The zero-order valence-electron chi connectivity index (χ0n) is 20.8. The summed E-state index contributed by atoms with van der Waals surface area (Å²) in [5.74, 6) is 2.30. The summed E-state index contributed by atoms with van der Waals surface area (Å²) in [4.78, 5) is 9.11. The van der Waals surface area contributed by atoms with Gasteiger partial charge in [0.05, 0.1) is 34.9 Å². The lowest BCUT2D eigenvalue weighted by molar-refractivity contribution is -0.0432. The minimum atomic E-state index is 0.236. The fraction of sp³-hybridized carbons (Fsp3) is 0.533. The van der Waals surface area contributed by atoms with Crippen molar-refractivity contribution < 1.29 is 4.74 Å². The summed E-state index contributed by atoms with van der Waals surface area (Å²) in [5.41, 5.74) is 9.07. The lowest BCUT2D eigenvalue weighted by Crippen LogP contribution is -2.50. The van der Waals surface area contributed by atoms with Gasteiger partial charge in [-0.05, 0) is 80.2 Å². The molecule has 5 heteroatoms. The molecule has 0 unspecified atom stereocenters. The van der Waals surface area contributed by atoms with Crippen LogP contribution in [0.3, 0.4) is 0 Å². The van der Waals surface area contributed by atoms with Gasteiger partial charge in [0.25, 0.3) is 0 Å². The Kier molecular flexibility index (Phi) is 5.12. The fourth-order valence-electron chi connectivity index (χ4n) is 8.35. The van der Waals surface area contributed by atoms with E-state index < -0.39 is 0 Å². The predicted octanol–water partition coefficient (Wildman–Crippen LogP) is 7.49. The number of benzene rings is 1. The van der Waals surface area contributed by atoms with E-state index in [1.165, 1.54) is 49.7 Å². The molecule has 35 heavy (non-hydrogen) atoms. The average Bonchev–Trinajstić information content (AvgIpc) is 3.61. The molecule has 3 aromatic rings. The Morgan fingerprint density at radius 3 is 2.80 bits per heavy atom. The summed E-state index contributed by atoms with van der Waals surface area (Å²) in [6, 6.07) is 8.57. The molecule has 182 valence electrons. The number of fused-ring (bicyclic) bond motifs is 6. The van der Waals surface area contributed by atoms with Crippen LogP contribution in [0.4, 0.5) is 0 Å². The maximum absolute atomic E-state index is 6.32. The van der Waals surface area contributed by atoms with E-state index in [9.17, 15) is 0 Å². The largest absolute Gasteiger partial charge is 0.372 e. The van der Waals surface area contributed by atoms with Crippen molar-refractivity contribution in [1.29, 1.82) is 0 Å². The van der Waals surface area contributed by atoms with Gasteiger partial charge in [-0.1, -0.05) is 43.7 Å². The van der Waals surface area contributed by atoms with E-state index in [0.717, 1.165) is 35.4 Å². The van der Waals surface area contributed by atoms with Crippen LogP contribution in [0.15, 0.2) is 59.2 Å². The quantitative estimate of drug-likeness (QED) is 0.359. The molecule has 2 saturated carbocycles. The van der Waals surface area contributed by atoms with Gasteiger partial charge in [0, 0.05) is 16.5 Å². The number of para-hydroxylation sites is 2. The Labute approximate surface area is 212 Å². The normalized spacial score (nSPS) is 36.3. The minimum absolute atomic E-state index is 0.236. The molecule has 7 rings (SSSR count). The average molecular weight is 486 g/mol. The number of hydrogen-bond donors (Lipinski definition) is 0. The number of nitrogens with zero attached hydrogens (tertiary/aromatic N) is 3. The first kappa shape index (κ1) is 22.0. The third-order valence-electron chi connectivity index (χ3n) is 10.3. The topological polar surface area (TPSA) is 39.9 Å². The van der Waals surface area contributed by atoms with Gasteiger partial charge in [0.1, 0.15) is 6.33 Å². The van der Waals surface area contributed by atoms with Gasteiger partial charge in [-0.15, -0.1) is 11.3 Å². The molecule has 1 aromatic carbocycles. The minimum Gasteiger partial charge on any atom is -0.372 e. The van der Waals surface area contributed by atoms with E-state index in [2.05, 4.69) is 71.5 Å². The second-order valence-electron chi connectivity index (χ2n) is 11.8. The van der Waals surface area contributed by atoms with Crippen LogP contribution >= 0.6 is 11.3 Å². The van der Waals surface area contributed by atoms with Gasteiger partial charge in [-0.3, -0.25) is 0 Å². The second-order valence-corrected chi connectivity index (χ2v) is 12.5. The first-order valence-electron chi connectivity index (χ1n) is 13.4. The van der Waals surface area contributed by atoms with E-state index in [0.29, 0.717) is 18.1 Å². The zero-order chi connectivity index (χ0) is 23.6. The van der Waals surface area contributed by atoms with Crippen molar-refractivity contribution in [3.05, 3.63) is 64.9 Å². The summed E-state index contributed by atoms with van der Waals surface area (Å²) in [7, 11) is 0. The molecule has 0 bridgehead atoms. The third kappa shape index (κ3) is 3.34. The number of rotatable bonds is 4. The van der Waals surface area contributed by atoms with Crippen LogP contribution in [-0.2, 0) is 11.3 Å². The first-order chi connectivity index (χ1) is 17.1. The summed E-state index contributed by atoms with van der Waals surface area (Å²) in [5, 5.41) is 2.10. The van der Waals surface area contributed by atoms with Crippen LogP contribution in [0.25, 0.3) is 16.7 Å². The Hall–Kier alpha value is -2.24. The molecule has 4 aliphatic rings. The highest BCUT2D eigenvalue weighted by molar-refractivity contribution is 7.07. The SMILES string of the molecule is C[C@]12CC[C@H](OCc3cscn3)CC1=CC[C@@H]1[C@@H]2CC[C@]2(C)C(n3cnc4ccccc43)=CC[C@@H]12. The molecule has 4 aliphatic carbocycles. The molecule has 6 atom stereocenters. The van der Waals surface area contributed by atoms with Crippen molar-refractivity contribution in [3.63, 3.8) is 0 Å². The number of ether oxygens (including phenoxy) is 1. The second kappa shape index (κ2) is 8.14.